The Morgan fingerprint density at radius 3 is 2.70 bits per heavy atom. The third-order valence-electron chi connectivity index (χ3n) is 3.85. The molecule has 0 aliphatic carbocycles. The summed E-state index contributed by atoms with van der Waals surface area (Å²) in [6.45, 7) is 5.70. The van der Waals surface area contributed by atoms with Crippen molar-refractivity contribution >= 4 is 0 Å². The molecular formula is C14H26N4O2. The highest BCUT2D eigenvalue weighted by Gasteiger charge is 2.26. The van der Waals surface area contributed by atoms with E-state index >= 15 is 0 Å². The number of aromatic nitrogens is 3. The van der Waals surface area contributed by atoms with Gasteiger partial charge in [-0.05, 0) is 32.4 Å². The van der Waals surface area contributed by atoms with Crippen molar-refractivity contribution in [3.8, 4) is 0 Å². The molecule has 0 saturated carbocycles. The first-order valence-electron chi connectivity index (χ1n) is 7.57. The van der Waals surface area contributed by atoms with Crippen LogP contribution in [0.3, 0.4) is 0 Å². The topological polar surface area (TPSA) is 63.4 Å². The fourth-order valence-corrected chi connectivity index (χ4v) is 2.87. The number of ether oxygens (including phenoxy) is 1. The maximum Gasteiger partial charge on any atom is 0.153 e. The van der Waals surface area contributed by atoms with E-state index in [4.69, 9.17) is 9.72 Å². The summed E-state index contributed by atoms with van der Waals surface area (Å²) >= 11 is 0. The van der Waals surface area contributed by atoms with Gasteiger partial charge in [-0.1, -0.05) is 6.92 Å². The third-order valence-corrected chi connectivity index (χ3v) is 3.85. The van der Waals surface area contributed by atoms with Crippen LogP contribution < -0.4 is 0 Å². The Bertz CT molecular complexity index is 402. The summed E-state index contributed by atoms with van der Waals surface area (Å²) < 4.78 is 6.96. The number of aliphatic hydroxyl groups is 1. The Balaban J connectivity index is 2.19. The van der Waals surface area contributed by atoms with E-state index in [1.54, 1.807) is 7.11 Å². The van der Waals surface area contributed by atoms with Gasteiger partial charge in [0.05, 0.1) is 25.8 Å². The van der Waals surface area contributed by atoms with Crippen LogP contribution >= 0.6 is 0 Å². The molecule has 1 fully saturated rings. The second kappa shape index (κ2) is 7.71. The van der Waals surface area contributed by atoms with Crippen LogP contribution in [0.5, 0.6) is 0 Å². The summed E-state index contributed by atoms with van der Waals surface area (Å²) in [5, 5.41) is 13.7. The molecule has 0 radical (unpaired) electrons. The van der Waals surface area contributed by atoms with Gasteiger partial charge < -0.3 is 9.84 Å². The maximum atomic E-state index is 9.22. The molecule has 0 aromatic carbocycles. The highest BCUT2D eigenvalue weighted by atomic mass is 16.5. The van der Waals surface area contributed by atoms with Gasteiger partial charge in [0.1, 0.15) is 5.82 Å². The van der Waals surface area contributed by atoms with E-state index in [9.17, 15) is 5.11 Å². The predicted molar refractivity (Wildman–Crippen MR) is 76.5 cm³/mol. The van der Waals surface area contributed by atoms with Crippen molar-refractivity contribution in [2.75, 3.05) is 33.4 Å². The molecule has 1 aromatic rings. The normalized spacial score (nSPS) is 17.8. The van der Waals surface area contributed by atoms with E-state index in [0.29, 0.717) is 19.2 Å². The highest BCUT2D eigenvalue weighted by Crippen LogP contribution is 2.26. The fraction of sp³-hybridized carbons (Fsp3) is 0.857. The predicted octanol–water partition coefficient (Wildman–Crippen LogP) is 1.01. The van der Waals surface area contributed by atoms with Crippen LogP contribution in [0.2, 0.25) is 0 Å². The molecule has 114 valence electrons. The molecule has 1 aromatic heterocycles. The van der Waals surface area contributed by atoms with Crippen molar-refractivity contribution in [3.05, 3.63) is 11.6 Å². The second-order valence-corrected chi connectivity index (χ2v) is 5.24. The van der Waals surface area contributed by atoms with Gasteiger partial charge in [-0.2, -0.15) is 5.10 Å². The summed E-state index contributed by atoms with van der Waals surface area (Å²) in [4.78, 5) is 7.19. The molecule has 1 aliphatic heterocycles. The van der Waals surface area contributed by atoms with E-state index in [1.807, 2.05) is 4.68 Å². The second-order valence-electron chi connectivity index (χ2n) is 5.24. The molecule has 0 bridgehead atoms. The van der Waals surface area contributed by atoms with Gasteiger partial charge in [0.25, 0.3) is 0 Å². The fourth-order valence-electron chi connectivity index (χ4n) is 2.87. The summed E-state index contributed by atoms with van der Waals surface area (Å²) in [6.07, 6.45) is 4.27. The largest absolute Gasteiger partial charge is 0.394 e. The zero-order valence-corrected chi connectivity index (χ0v) is 12.6. The molecule has 2 rings (SSSR count). The number of rotatable bonds is 8. The van der Waals surface area contributed by atoms with Crippen LogP contribution in [0, 0.1) is 0 Å². The van der Waals surface area contributed by atoms with E-state index in [-0.39, 0.29) is 6.61 Å². The minimum Gasteiger partial charge on any atom is -0.394 e. The number of hydrogen-bond acceptors (Lipinski definition) is 5. The van der Waals surface area contributed by atoms with E-state index < -0.39 is 0 Å². The first-order valence-corrected chi connectivity index (χ1v) is 7.57. The highest BCUT2D eigenvalue weighted by molar-refractivity contribution is 5.01. The third kappa shape index (κ3) is 3.56. The molecule has 2 heterocycles. The van der Waals surface area contributed by atoms with Crippen molar-refractivity contribution in [1.29, 1.82) is 0 Å². The molecule has 1 aliphatic rings. The molecule has 0 unspecified atom stereocenters. The molecule has 0 amide bonds. The average molecular weight is 282 g/mol. The van der Waals surface area contributed by atoms with Crippen molar-refractivity contribution in [3.63, 3.8) is 0 Å². The molecule has 0 spiro atoms. The van der Waals surface area contributed by atoms with Crippen LogP contribution in [0.1, 0.15) is 43.9 Å². The molecule has 1 N–H and O–H groups in total. The average Bonchev–Trinajstić information content (AvgIpc) is 3.09. The lowest BCUT2D eigenvalue weighted by Gasteiger charge is -2.25. The monoisotopic (exact) mass is 282 g/mol. The van der Waals surface area contributed by atoms with Crippen LogP contribution in [-0.2, 0) is 17.7 Å². The number of hydrogen-bond donors (Lipinski definition) is 1. The molecule has 1 atom stereocenters. The summed E-state index contributed by atoms with van der Waals surface area (Å²) in [5.41, 5.74) is 0. The molecule has 20 heavy (non-hydrogen) atoms. The Morgan fingerprint density at radius 1 is 1.35 bits per heavy atom. The number of nitrogens with zero attached hydrogens (tertiary/aromatic N) is 4. The van der Waals surface area contributed by atoms with E-state index in [0.717, 1.165) is 37.6 Å². The van der Waals surface area contributed by atoms with Crippen LogP contribution in [0.25, 0.3) is 0 Å². The molecule has 6 heteroatoms. The lowest BCUT2D eigenvalue weighted by molar-refractivity contribution is 0.200. The summed E-state index contributed by atoms with van der Waals surface area (Å²) in [7, 11) is 1.69. The van der Waals surface area contributed by atoms with Gasteiger partial charge in [0, 0.05) is 13.5 Å². The summed E-state index contributed by atoms with van der Waals surface area (Å²) in [5.74, 6) is 1.81. The Hall–Kier alpha value is -0.980. The minimum absolute atomic E-state index is 0.0938. The lowest BCUT2D eigenvalue weighted by Crippen LogP contribution is -2.28. The van der Waals surface area contributed by atoms with Crippen molar-refractivity contribution in [2.45, 2.75) is 45.2 Å². The number of methoxy groups -OCH3 is 1. The Labute approximate surface area is 120 Å². The maximum absolute atomic E-state index is 9.22. The van der Waals surface area contributed by atoms with Crippen LogP contribution in [0.15, 0.2) is 0 Å². The van der Waals surface area contributed by atoms with Gasteiger partial charge in [0.15, 0.2) is 5.82 Å². The van der Waals surface area contributed by atoms with Gasteiger partial charge in [0.2, 0.25) is 0 Å². The Morgan fingerprint density at radius 2 is 2.10 bits per heavy atom. The van der Waals surface area contributed by atoms with Gasteiger partial charge in [-0.25, -0.2) is 9.67 Å². The number of likely N-dealkylation sites (tertiary alicyclic amines) is 1. The standard InChI is InChI=1S/C14H26N4O2/c1-3-12(17-7-4-5-8-17)14-15-13(6-11-20-2)16-18(14)9-10-19/h12,19H,3-11H2,1-2H3/t12-/m0/s1. The first-order chi connectivity index (χ1) is 9.80. The lowest BCUT2D eigenvalue weighted by atomic mass is 10.2. The molecular weight excluding hydrogens is 256 g/mol. The molecule has 1 saturated heterocycles. The molecule has 6 nitrogen and oxygen atoms in total. The van der Waals surface area contributed by atoms with E-state index in [2.05, 4.69) is 16.9 Å². The minimum atomic E-state index is 0.0938. The SMILES string of the molecule is CC[C@@H](c1nc(CCOC)nn1CCO)N1CCCC1. The quantitative estimate of drug-likeness (QED) is 0.771. The van der Waals surface area contributed by atoms with Crippen LogP contribution in [0.4, 0.5) is 0 Å². The van der Waals surface area contributed by atoms with Gasteiger partial charge >= 0.3 is 0 Å². The van der Waals surface area contributed by atoms with Gasteiger partial charge in [-0.3, -0.25) is 4.90 Å². The first kappa shape index (κ1) is 15.4. The van der Waals surface area contributed by atoms with E-state index in [1.165, 1.54) is 12.8 Å². The van der Waals surface area contributed by atoms with Crippen molar-refractivity contribution in [1.82, 2.24) is 19.7 Å². The zero-order chi connectivity index (χ0) is 14.4. The smallest absolute Gasteiger partial charge is 0.153 e. The van der Waals surface area contributed by atoms with Crippen molar-refractivity contribution in [2.24, 2.45) is 0 Å². The zero-order valence-electron chi connectivity index (χ0n) is 12.6. The Kier molecular flexibility index (Phi) is 5.94. The number of aliphatic hydroxyl groups excluding tert-OH is 1. The van der Waals surface area contributed by atoms with Crippen molar-refractivity contribution < 1.29 is 9.84 Å². The summed E-state index contributed by atoms with van der Waals surface area (Å²) in [6, 6.07) is 0.313. The van der Waals surface area contributed by atoms with Gasteiger partial charge in [-0.15, -0.1) is 0 Å². The van der Waals surface area contributed by atoms with Crippen LogP contribution in [-0.4, -0.2) is 58.2 Å².